The molecule has 1 aromatic carbocycles. The average Bonchev–Trinajstić information content (AvgIpc) is 3.01. The molecule has 2 aliphatic heterocycles. The topological polar surface area (TPSA) is 43.9 Å². The molecule has 2 amide bonds. The fourth-order valence-corrected chi connectivity index (χ4v) is 4.20. The van der Waals surface area contributed by atoms with Crippen LogP contribution in [0.4, 0.5) is 0 Å². The second-order valence-corrected chi connectivity index (χ2v) is 7.92. The minimum absolute atomic E-state index is 0.125. The van der Waals surface area contributed by atoms with E-state index in [9.17, 15) is 9.59 Å². The Bertz CT molecular complexity index is 617. The van der Waals surface area contributed by atoms with E-state index < -0.39 is 0 Å². The van der Waals surface area contributed by atoms with Crippen molar-refractivity contribution in [2.24, 2.45) is 5.92 Å². The van der Waals surface area contributed by atoms with E-state index in [2.05, 4.69) is 36.0 Å². The van der Waals surface area contributed by atoms with Gasteiger partial charge in [-0.25, -0.2) is 0 Å². The minimum atomic E-state index is -0.166. The molecule has 0 aliphatic carbocycles. The maximum atomic E-state index is 13.1. The van der Waals surface area contributed by atoms with Gasteiger partial charge >= 0.3 is 0 Å². The predicted octanol–water partition coefficient (Wildman–Crippen LogP) is 2.02. The normalized spacial score (nSPS) is 23.7. The van der Waals surface area contributed by atoms with Gasteiger partial charge in [0.1, 0.15) is 0 Å². The number of piperidine rings is 1. The standard InChI is InChI=1S/C21H31N3O2/c1-22(2)16-19-10-6-7-12-24(19)21(26)18-14-20(25)23(15-18)13-11-17-8-4-3-5-9-17/h3-5,8-9,18-19H,6-7,10-16H2,1-2H3/t18-,19+/m0/s1. The first-order valence-corrected chi connectivity index (χ1v) is 9.81. The zero-order valence-corrected chi connectivity index (χ0v) is 16.1. The number of rotatable bonds is 6. The minimum Gasteiger partial charge on any atom is -0.342 e. The number of hydrogen-bond donors (Lipinski definition) is 0. The summed E-state index contributed by atoms with van der Waals surface area (Å²) in [5.41, 5.74) is 1.23. The van der Waals surface area contributed by atoms with E-state index in [4.69, 9.17) is 0 Å². The van der Waals surface area contributed by atoms with Crippen LogP contribution in [-0.4, -0.2) is 72.8 Å². The van der Waals surface area contributed by atoms with E-state index >= 15 is 0 Å². The van der Waals surface area contributed by atoms with Crippen molar-refractivity contribution < 1.29 is 9.59 Å². The van der Waals surface area contributed by atoms with Gasteiger partial charge in [-0.1, -0.05) is 30.3 Å². The highest BCUT2D eigenvalue weighted by Gasteiger charge is 2.38. The monoisotopic (exact) mass is 357 g/mol. The Morgan fingerprint density at radius 2 is 1.96 bits per heavy atom. The largest absolute Gasteiger partial charge is 0.342 e. The second kappa shape index (κ2) is 8.67. The summed E-state index contributed by atoms with van der Waals surface area (Å²) < 4.78 is 0. The summed E-state index contributed by atoms with van der Waals surface area (Å²) in [6, 6.07) is 10.5. The maximum absolute atomic E-state index is 13.1. The van der Waals surface area contributed by atoms with Gasteiger partial charge in [-0.15, -0.1) is 0 Å². The van der Waals surface area contributed by atoms with Crippen molar-refractivity contribution in [3.63, 3.8) is 0 Å². The molecule has 0 radical (unpaired) electrons. The molecule has 2 atom stereocenters. The number of nitrogens with zero attached hydrogens (tertiary/aromatic N) is 3. The number of carbonyl (C=O) groups excluding carboxylic acids is 2. The Kier molecular flexibility index (Phi) is 6.30. The lowest BCUT2D eigenvalue weighted by Crippen LogP contribution is -2.50. The summed E-state index contributed by atoms with van der Waals surface area (Å²) in [6.45, 7) is 3.03. The van der Waals surface area contributed by atoms with Crippen molar-refractivity contribution in [2.45, 2.75) is 38.1 Å². The number of amides is 2. The molecule has 3 rings (SSSR count). The van der Waals surface area contributed by atoms with Gasteiger partial charge in [-0.2, -0.15) is 0 Å². The predicted molar refractivity (Wildman–Crippen MR) is 103 cm³/mol. The lowest BCUT2D eigenvalue weighted by Gasteiger charge is -2.38. The molecule has 0 spiro atoms. The van der Waals surface area contributed by atoms with E-state index in [1.165, 1.54) is 12.0 Å². The number of benzene rings is 1. The molecule has 0 aromatic heterocycles. The summed E-state index contributed by atoms with van der Waals surface area (Å²) in [5, 5.41) is 0. The molecule has 1 aromatic rings. The molecule has 142 valence electrons. The van der Waals surface area contributed by atoms with Crippen molar-refractivity contribution >= 4 is 11.8 Å². The molecule has 2 aliphatic rings. The van der Waals surface area contributed by atoms with Gasteiger partial charge in [0.05, 0.1) is 5.92 Å². The zero-order chi connectivity index (χ0) is 18.5. The highest BCUT2D eigenvalue weighted by atomic mass is 16.2. The van der Waals surface area contributed by atoms with Crippen molar-refractivity contribution in [1.82, 2.24) is 14.7 Å². The molecular weight excluding hydrogens is 326 g/mol. The Balaban J connectivity index is 1.57. The summed E-state index contributed by atoms with van der Waals surface area (Å²) in [7, 11) is 4.11. The Labute approximate surface area is 156 Å². The number of carbonyl (C=O) groups is 2. The quantitative estimate of drug-likeness (QED) is 0.782. The number of hydrogen-bond acceptors (Lipinski definition) is 3. The smallest absolute Gasteiger partial charge is 0.228 e. The second-order valence-electron chi connectivity index (χ2n) is 7.92. The van der Waals surface area contributed by atoms with E-state index in [-0.39, 0.29) is 17.7 Å². The van der Waals surface area contributed by atoms with Crippen LogP contribution >= 0.6 is 0 Å². The third kappa shape index (κ3) is 4.64. The van der Waals surface area contributed by atoms with Crippen LogP contribution in [0.25, 0.3) is 0 Å². The lowest BCUT2D eigenvalue weighted by atomic mass is 9.98. The van der Waals surface area contributed by atoms with Crippen LogP contribution in [-0.2, 0) is 16.0 Å². The van der Waals surface area contributed by atoms with E-state index in [1.807, 2.05) is 23.1 Å². The Morgan fingerprint density at radius 1 is 1.19 bits per heavy atom. The van der Waals surface area contributed by atoms with Crippen LogP contribution in [0, 0.1) is 5.92 Å². The Hall–Kier alpha value is -1.88. The molecule has 0 N–H and O–H groups in total. The van der Waals surface area contributed by atoms with Gasteiger partial charge in [-0.3, -0.25) is 9.59 Å². The van der Waals surface area contributed by atoms with Crippen LogP contribution < -0.4 is 0 Å². The van der Waals surface area contributed by atoms with Crippen molar-refractivity contribution in [3.8, 4) is 0 Å². The van der Waals surface area contributed by atoms with Crippen LogP contribution in [0.3, 0.4) is 0 Å². The summed E-state index contributed by atoms with van der Waals surface area (Å²) >= 11 is 0. The van der Waals surface area contributed by atoms with E-state index in [0.717, 1.165) is 32.4 Å². The average molecular weight is 357 g/mol. The van der Waals surface area contributed by atoms with Gasteiger partial charge < -0.3 is 14.7 Å². The molecule has 2 saturated heterocycles. The maximum Gasteiger partial charge on any atom is 0.228 e. The molecule has 5 heteroatoms. The van der Waals surface area contributed by atoms with Gasteiger partial charge in [0.25, 0.3) is 0 Å². The molecule has 2 fully saturated rings. The van der Waals surface area contributed by atoms with Crippen molar-refractivity contribution in [1.29, 1.82) is 0 Å². The molecule has 26 heavy (non-hydrogen) atoms. The lowest BCUT2D eigenvalue weighted by molar-refractivity contribution is -0.139. The summed E-state index contributed by atoms with van der Waals surface area (Å²) in [5.74, 6) is 0.147. The molecule has 0 bridgehead atoms. The summed E-state index contributed by atoms with van der Waals surface area (Å²) in [4.78, 5) is 31.6. The SMILES string of the molecule is CN(C)C[C@H]1CCCCN1C(=O)[C@H]1CC(=O)N(CCc2ccccc2)C1. The molecule has 0 saturated carbocycles. The first-order chi connectivity index (χ1) is 12.5. The van der Waals surface area contributed by atoms with Crippen LogP contribution in [0.1, 0.15) is 31.2 Å². The van der Waals surface area contributed by atoms with Crippen LogP contribution in [0.15, 0.2) is 30.3 Å². The number of likely N-dealkylation sites (tertiary alicyclic amines) is 2. The van der Waals surface area contributed by atoms with Gasteiger partial charge in [0.15, 0.2) is 0 Å². The van der Waals surface area contributed by atoms with Gasteiger partial charge in [0, 0.05) is 38.6 Å². The fraction of sp³-hybridized carbons (Fsp3) is 0.619. The molecule has 5 nitrogen and oxygen atoms in total. The fourth-order valence-electron chi connectivity index (χ4n) is 4.20. The highest BCUT2D eigenvalue weighted by Crippen LogP contribution is 2.25. The molecular formula is C21H31N3O2. The van der Waals surface area contributed by atoms with E-state index in [1.54, 1.807) is 0 Å². The summed E-state index contributed by atoms with van der Waals surface area (Å²) in [6.07, 6.45) is 4.56. The highest BCUT2D eigenvalue weighted by molar-refractivity contribution is 5.89. The van der Waals surface area contributed by atoms with Crippen molar-refractivity contribution in [3.05, 3.63) is 35.9 Å². The van der Waals surface area contributed by atoms with Crippen LogP contribution in [0.2, 0.25) is 0 Å². The van der Waals surface area contributed by atoms with Gasteiger partial charge in [-0.05, 0) is 45.3 Å². The molecule has 2 heterocycles. The third-order valence-corrected chi connectivity index (χ3v) is 5.56. The number of likely N-dealkylation sites (N-methyl/N-ethyl adjacent to an activating group) is 1. The van der Waals surface area contributed by atoms with Gasteiger partial charge in [0.2, 0.25) is 11.8 Å². The van der Waals surface area contributed by atoms with Crippen molar-refractivity contribution in [2.75, 3.05) is 40.3 Å². The van der Waals surface area contributed by atoms with E-state index in [0.29, 0.717) is 25.6 Å². The molecule has 0 unspecified atom stereocenters. The zero-order valence-electron chi connectivity index (χ0n) is 16.1. The Morgan fingerprint density at radius 3 is 2.69 bits per heavy atom. The first-order valence-electron chi connectivity index (χ1n) is 9.81. The first kappa shape index (κ1) is 18.9. The van der Waals surface area contributed by atoms with Crippen LogP contribution in [0.5, 0.6) is 0 Å². The third-order valence-electron chi connectivity index (χ3n) is 5.56.